The Morgan fingerprint density at radius 3 is 3.06 bits per heavy atom. The molecule has 0 aromatic carbocycles. The van der Waals surface area contributed by atoms with Crippen LogP contribution < -0.4 is 0 Å². The standard InChI is InChI=1S/C9H7ClIN3O2/c10-8-7-9(11)13-5(1-2-6(15)16)14(7)4-3-12-8/h3-4H,1-2H2,(H,15,16). The maximum atomic E-state index is 10.5. The Morgan fingerprint density at radius 1 is 1.62 bits per heavy atom. The average Bonchev–Trinajstić information content (AvgIpc) is 2.54. The minimum absolute atomic E-state index is 0.0507. The van der Waals surface area contributed by atoms with Crippen molar-refractivity contribution in [1.82, 2.24) is 14.4 Å². The molecule has 0 saturated heterocycles. The lowest BCUT2D eigenvalue weighted by Gasteiger charge is -1.99. The average molecular weight is 352 g/mol. The first-order valence-corrected chi connectivity index (χ1v) is 5.94. The first kappa shape index (κ1) is 11.6. The lowest BCUT2D eigenvalue weighted by molar-refractivity contribution is -0.137. The molecule has 2 rings (SSSR count). The number of halogens is 2. The number of imidazole rings is 1. The van der Waals surface area contributed by atoms with Crippen LogP contribution in [0, 0.1) is 3.70 Å². The van der Waals surface area contributed by atoms with Crippen LogP contribution in [0.15, 0.2) is 12.4 Å². The topological polar surface area (TPSA) is 67.5 Å². The van der Waals surface area contributed by atoms with E-state index in [0.717, 1.165) is 9.22 Å². The second-order valence-electron chi connectivity index (χ2n) is 3.15. The minimum Gasteiger partial charge on any atom is -0.481 e. The Morgan fingerprint density at radius 2 is 2.38 bits per heavy atom. The van der Waals surface area contributed by atoms with E-state index >= 15 is 0 Å². The molecule has 0 bridgehead atoms. The van der Waals surface area contributed by atoms with Gasteiger partial charge in [0.05, 0.1) is 6.42 Å². The van der Waals surface area contributed by atoms with Crippen LogP contribution in [0.25, 0.3) is 5.52 Å². The lowest BCUT2D eigenvalue weighted by atomic mass is 10.3. The highest BCUT2D eigenvalue weighted by Crippen LogP contribution is 2.22. The molecule has 0 unspecified atom stereocenters. The molecule has 0 aliphatic rings. The SMILES string of the molecule is O=C(O)CCc1nc(I)c2c(Cl)nccn12. The summed E-state index contributed by atoms with van der Waals surface area (Å²) >= 11 is 8.00. The van der Waals surface area contributed by atoms with Crippen LogP contribution in [0.1, 0.15) is 12.2 Å². The molecule has 0 aliphatic heterocycles. The van der Waals surface area contributed by atoms with Gasteiger partial charge in [0, 0.05) is 18.8 Å². The van der Waals surface area contributed by atoms with E-state index in [9.17, 15) is 4.79 Å². The Kier molecular flexibility index (Phi) is 3.29. The van der Waals surface area contributed by atoms with E-state index in [-0.39, 0.29) is 6.42 Å². The van der Waals surface area contributed by atoms with Crippen LogP contribution in [0.3, 0.4) is 0 Å². The van der Waals surface area contributed by atoms with Gasteiger partial charge in [0.1, 0.15) is 15.0 Å². The fourth-order valence-electron chi connectivity index (χ4n) is 1.42. The Bertz CT molecular complexity index is 555. The van der Waals surface area contributed by atoms with E-state index in [1.54, 1.807) is 16.8 Å². The largest absolute Gasteiger partial charge is 0.481 e. The van der Waals surface area contributed by atoms with Crippen LogP contribution in [-0.2, 0) is 11.2 Å². The molecule has 7 heteroatoms. The molecule has 1 N–H and O–H groups in total. The molecule has 0 amide bonds. The van der Waals surface area contributed by atoms with Crippen LogP contribution >= 0.6 is 34.2 Å². The van der Waals surface area contributed by atoms with Gasteiger partial charge in [0.15, 0.2) is 5.15 Å². The number of carboxylic acid groups (broad SMARTS) is 1. The number of nitrogens with zero attached hydrogens (tertiary/aromatic N) is 3. The van der Waals surface area contributed by atoms with Crippen molar-refractivity contribution in [2.45, 2.75) is 12.8 Å². The molecular weight excluding hydrogens is 344 g/mol. The van der Waals surface area contributed by atoms with Crippen molar-refractivity contribution in [1.29, 1.82) is 0 Å². The summed E-state index contributed by atoms with van der Waals surface area (Å²) in [4.78, 5) is 18.7. The van der Waals surface area contributed by atoms with E-state index < -0.39 is 5.97 Å². The Labute approximate surface area is 110 Å². The first-order chi connectivity index (χ1) is 7.59. The number of carboxylic acids is 1. The van der Waals surface area contributed by atoms with Gasteiger partial charge in [-0.25, -0.2) is 9.97 Å². The predicted octanol–water partition coefficient (Wildman–Crippen LogP) is 2.00. The van der Waals surface area contributed by atoms with Crippen LogP contribution in [-0.4, -0.2) is 25.4 Å². The third kappa shape index (κ3) is 2.12. The van der Waals surface area contributed by atoms with Crippen molar-refractivity contribution >= 4 is 45.7 Å². The number of aliphatic carboxylic acids is 1. The van der Waals surface area contributed by atoms with E-state index in [0.29, 0.717) is 17.4 Å². The first-order valence-electron chi connectivity index (χ1n) is 4.48. The fraction of sp³-hybridized carbons (Fsp3) is 0.222. The smallest absolute Gasteiger partial charge is 0.303 e. The molecule has 2 heterocycles. The second kappa shape index (κ2) is 4.54. The van der Waals surface area contributed by atoms with Crippen LogP contribution in [0.5, 0.6) is 0 Å². The van der Waals surface area contributed by atoms with Crippen molar-refractivity contribution in [2.24, 2.45) is 0 Å². The molecule has 0 spiro atoms. The lowest BCUT2D eigenvalue weighted by Crippen LogP contribution is -2.01. The number of fused-ring (bicyclic) bond motifs is 1. The van der Waals surface area contributed by atoms with Gasteiger partial charge < -0.3 is 5.11 Å². The molecule has 0 aliphatic carbocycles. The summed E-state index contributed by atoms with van der Waals surface area (Å²) in [5.74, 6) is -0.155. The summed E-state index contributed by atoms with van der Waals surface area (Å²) < 4.78 is 2.51. The molecule has 0 atom stereocenters. The molecule has 5 nitrogen and oxygen atoms in total. The van der Waals surface area contributed by atoms with Crippen molar-refractivity contribution < 1.29 is 9.90 Å². The highest BCUT2D eigenvalue weighted by atomic mass is 127. The zero-order valence-electron chi connectivity index (χ0n) is 8.02. The second-order valence-corrected chi connectivity index (χ2v) is 4.53. The quantitative estimate of drug-likeness (QED) is 0.859. The fourth-order valence-corrected chi connectivity index (χ4v) is 2.61. The Hall–Kier alpha value is -0.890. The van der Waals surface area contributed by atoms with E-state index in [1.165, 1.54) is 0 Å². The monoisotopic (exact) mass is 351 g/mol. The number of rotatable bonds is 3. The Balaban J connectivity index is 2.47. The summed E-state index contributed by atoms with van der Waals surface area (Å²) in [6.45, 7) is 0. The molecule has 2 aromatic heterocycles. The summed E-state index contributed by atoms with van der Waals surface area (Å²) in [6, 6.07) is 0. The van der Waals surface area contributed by atoms with Crippen LogP contribution in [0.4, 0.5) is 0 Å². The highest BCUT2D eigenvalue weighted by molar-refractivity contribution is 14.1. The van der Waals surface area contributed by atoms with E-state index in [2.05, 4.69) is 32.6 Å². The van der Waals surface area contributed by atoms with Crippen molar-refractivity contribution in [3.63, 3.8) is 0 Å². The molecular formula is C9H7ClIN3O2. The maximum Gasteiger partial charge on any atom is 0.303 e. The molecule has 84 valence electrons. The number of hydrogen-bond acceptors (Lipinski definition) is 3. The summed E-state index contributed by atoms with van der Waals surface area (Å²) in [5, 5.41) is 9.01. The van der Waals surface area contributed by atoms with Gasteiger partial charge >= 0.3 is 5.97 Å². The van der Waals surface area contributed by atoms with Crippen molar-refractivity contribution in [3.05, 3.63) is 27.1 Å². The number of aromatic nitrogens is 3. The summed E-state index contributed by atoms with van der Waals surface area (Å²) in [5.41, 5.74) is 0.727. The summed E-state index contributed by atoms with van der Waals surface area (Å²) in [7, 11) is 0. The molecule has 0 radical (unpaired) electrons. The molecule has 16 heavy (non-hydrogen) atoms. The third-order valence-corrected chi connectivity index (χ3v) is 3.13. The van der Waals surface area contributed by atoms with E-state index in [1.807, 2.05) is 0 Å². The van der Waals surface area contributed by atoms with Crippen molar-refractivity contribution in [3.8, 4) is 0 Å². The normalized spacial score (nSPS) is 10.9. The van der Waals surface area contributed by atoms with E-state index in [4.69, 9.17) is 16.7 Å². The highest BCUT2D eigenvalue weighted by Gasteiger charge is 2.13. The van der Waals surface area contributed by atoms with Gasteiger partial charge in [-0.05, 0) is 22.6 Å². The molecule has 0 saturated carbocycles. The predicted molar refractivity (Wildman–Crippen MR) is 66.7 cm³/mol. The van der Waals surface area contributed by atoms with Crippen molar-refractivity contribution in [2.75, 3.05) is 0 Å². The zero-order valence-corrected chi connectivity index (χ0v) is 10.9. The number of hydrogen-bond donors (Lipinski definition) is 1. The van der Waals surface area contributed by atoms with Gasteiger partial charge in [-0.3, -0.25) is 9.20 Å². The maximum absolute atomic E-state index is 10.5. The van der Waals surface area contributed by atoms with Crippen LogP contribution in [0.2, 0.25) is 5.15 Å². The number of carbonyl (C=O) groups is 1. The minimum atomic E-state index is -0.841. The third-order valence-electron chi connectivity index (χ3n) is 2.10. The van der Waals surface area contributed by atoms with Gasteiger partial charge in [-0.15, -0.1) is 0 Å². The molecule has 2 aromatic rings. The molecule has 0 fully saturated rings. The van der Waals surface area contributed by atoms with Gasteiger partial charge in [-0.2, -0.15) is 0 Å². The van der Waals surface area contributed by atoms with Gasteiger partial charge in [0.25, 0.3) is 0 Å². The summed E-state index contributed by atoms with van der Waals surface area (Å²) in [6.07, 6.45) is 3.72. The van der Waals surface area contributed by atoms with Gasteiger partial charge in [0.2, 0.25) is 0 Å². The number of aryl methyl sites for hydroxylation is 1. The van der Waals surface area contributed by atoms with Gasteiger partial charge in [-0.1, -0.05) is 11.6 Å². The zero-order chi connectivity index (χ0) is 11.7.